The fourth-order valence-electron chi connectivity index (χ4n) is 5.45. The van der Waals surface area contributed by atoms with E-state index in [1.807, 2.05) is 24.3 Å². The van der Waals surface area contributed by atoms with Gasteiger partial charge in [-0.3, -0.25) is 0 Å². The van der Waals surface area contributed by atoms with Crippen molar-refractivity contribution in [1.82, 2.24) is 0 Å². The molecule has 40 heavy (non-hydrogen) atoms. The Labute approximate surface area is 256 Å². The van der Waals surface area contributed by atoms with Crippen LogP contribution in [-0.4, -0.2) is 0 Å². The van der Waals surface area contributed by atoms with Crippen LogP contribution in [0.15, 0.2) is 36.4 Å². The van der Waals surface area contributed by atoms with Crippen molar-refractivity contribution < 1.29 is 8.78 Å². The Balaban J connectivity index is 1.78. The van der Waals surface area contributed by atoms with Crippen LogP contribution in [0.2, 0.25) is 0 Å². The van der Waals surface area contributed by atoms with Crippen LogP contribution in [0.4, 0.5) is 8.78 Å². The number of hydrogen-bond donors (Lipinski definition) is 0. The SMILES string of the molecule is CCCCCCCCCCCCc1cccc(I(Cl)c2cccc(CCCCCCCCCCCC)c2F)c1F. The minimum absolute atomic E-state index is 0.196. The number of benzene rings is 2. The molecule has 4 heteroatoms. The van der Waals surface area contributed by atoms with Crippen molar-refractivity contribution in [3.63, 3.8) is 0 Å². The number of unbranched alkanes of at least 4 members (excludes halogenated alkanes) is 18. The van der Waals surface area contributed by atoms with Gasteiger partial charge in [0.15, 0.2) is 0 Å². The molecule has 2 rings (SSSR count). The molecule has 0 spiro atoms. The van der Waals surface area contributed by atoms with Crippen molar-refractivity contribution in [2.45, 2.75) is 155 Å². The van der Waals surface area contributed by atoms with Gasteiger partial charge in [-0.05, 0) is 0 Å². The molecule has 0 aromatic heterocycles. The van der Waals surface area contributed by atoms with Crippen LogP contribution < -0.4 is 0 Å². The van der Waals surface area contributed by atoms with Crippen molar-refractivity contribution in [2.24, 2.45) is 0 Å². The third-order valence-corrected chi connectivity index (χ3v) is 13.8. The summed E-state index contributed by atoms with van der Waals surface area (Å²) in [6, 6.07) is 11.1. The standard InChI is InChI=1S/C36H56ClF2I/c1-3-5-7-9-11-13-15-17-19-21-25-31-27-23-29-33(35(31)38)40(37)34-30-24-28-32(36(34)39)26-22-20-18-16-14-12-10-8-6-4-2/h23-24,27-30H,3-22,25-26H2,1-2H3. The zero-order valence-corrected chi connectivity index (χ0v) is 28.4. The molecule has 0 radical (unpaired) electrons. The average molecular weight is 689 g/mol. The molecule has 2 aromatic carbocycles. The zero-order chi connectivity index (χ0) is 28.8. The first-order valence-electron chi connectivity index (χ1n) is 16.5. The van der Waals surface area contributed by atoms with Crippen molar-refractivity contribution in [3.8, 4) is 0 Å². The fraction of sp³-hybridized carbons (Fsp3) is 0.667. The molecule has 0 saturated heterocycles. The van der Waals surface area contributed by atoms with E-state index in [0.29, 0.717) is 7.14 Å². The Morgan fingerprint density at radius 3 is 1.10 bits per heavy atom. The molecule has 0 bridgehead atoms. The van der Waals surface area contributed by atoms with Gasteiger partial charge in [-0.25, -0.2) is 0 Å². The molecule has 228 valence electrons. The molecule has 0 saturated carbocycles. The Morgan fingerprint density at radius 1 is 0.475 bits per heavy atom. The summed E-state index contributed by atoms with van der Waals surface area (Å²) in [5, 5.41) is 0. The van der Waals surface area contributed by atoms with Crippen LogP contribution in [0.1, 0.15) is 153 Å². The molecule has 0 amide bonds. The van der Waals surface area contributed by atoms with Gasteiger partial charge in [0.2, 0.25) is 0 Å². The number of rotatable bonds is 24. The quantitative estimate of drug-likeness (QED) is 0.0761. The molecule has 2 aromatic rings. The molecule has 0 N–H and O–H groups in total. The maximum atomic E-state index is 15.5. The van der Waals surface area contributed by atoms with Crippen molar-refractivity contribution in [2.75, 3.05) is 0 Å². The monoisotopic (exact) mass is 688 g/mol. The molecule has 0 heterocycles. The second-order valence-electron chi connectivity index (χ2n) is 11.5. The van der Waals surface area contributed by atoms with E-state index in [4.69, 9.17) is 8.91 Å². The predicted octanol–water partition coefficient (Wildman–Crippen LogP) is 13.6. The Morgan fingerprint density at radius 2 is 0.775 bits per heavy atom. The third kappa shape index (κ3) is 14.0. The van der Waals surface area contributed by atoms with Crippen LogP contribution in [0.25, 0.3) is 0 Å². The van der Waals surface area contributed by atoms with Crippen molar-refractivity contribution >= 4 is 27.6 Å². The number of hydrogen-bond acceptors (Lipinski definition) is 0. The zero-order valence-electron chi connectivity index (χ0n) is 25.5. The summed E-state index contributed by atoms with van der Waals surface area (Å²) in [5.41, 5.74) is 1.48. The summed E-state index contributed by atoms with van der Waals surface area (Å²) in [4.78, 5) is 0. The second kappa shape index (κ2) is 22.9. The van der Waals surface area contributed by atoms with E-state index in [-0.39, 0.29) is 11.6 Å². The van der Waals surface area contributed by atoms with Crippen LogP contribution in [0.3, 0.4) is 0 Å². The summed E-state index contributed by atoms with van der Waals surface area (Å²) in [6.07, 6.45) is 26.8. The summed E-state index contributed by atoms with van der Waals surface area (Å²) >= 11 is -2.68. The van der Waals surface area contributed by atoms with E-state index >= 15 is 8.78 Å². The molecular formula is C36H56ClF2I. The maximum absolute atomic E-state index is 15.5. The van der Waals surface area contributed by atoms with Gasteiger partial charge in [-0.2, -0.15) is 0 Å². The molecule has 0 atom stereocenters. The molecule has 0 nitrogen and oxygen atoms in total. The first-order chi connectivity index (χ1) is 19.6. The van der Waals surface area contributed by atoms with Crippen molar-refractivity contribution in [3.05, 3.63) is 66.3 Å². The van der Waals surface area contributed by atoms with Gasteiger partial charge in [0.25, 0.3) is 0 Å². The van der Waals surface area contributed by atoms with E-state index in [9.17, 15) is 0 Å². The molecular weight excluding hydrogens is 633 g/mol. The van der Waals surface area contributed by atoms with Gasteiger partial charge < -0.3 is 0 Å². The fourth-order valence-corrected chi connectivity index (χ4v) is 10.1. The summed E-state index contributed by atoms with van der Waals surface area (Å²) < 4.78 is 32.1. The van der Waals surface area contributed by atoms with Crippen LogP contribution >= 0.6 is 27.6 Å². The number of aryl methyl sites for hydroxylation is 2. The van der Waals surface area contributed by atoms with E-state index in [1.165, 1.54) is 103 Å². The van der Waals surface area contributed by atoms with E-state index in [1.54, 1.807) is 12.1 Å². The van der Waals surface area contributed by atoms with Crippen LogP contribution in [0.5, 0.6) is 0 Å². The molecule has 0 aliphatic rings. The van der Waals surface area contributed by atoms with E-state index in [2.05, 4.69) is 13.8 Å². The first kappa shape index (κ1) is 35.5. The third-order valence-electron chi connectivity index (χ3n) is 8.02. The average Bonchev–Trinajstić information content (AvgIpc) is 2.96. The molecule has 0 aliphatic heterocycles. The molecule has 0 fully saturated rings. The van der Waals surface area contributed by atoms with Gasteiger partial charge >= 0.3 is 218 Å². The molecule has 0 aliphatic carbocycles. The minimum atomic E-state index is -2.68. The summed E-state index contributed by atoms with van der Waals surface area (Å²) in [7, 11) is 6.89. The van der Waals surface area contributed by atoms with Crippen LogP contribution in [-0.2, 0) is 12.8 Å². The van der Waals surface area contributed by atoms with E-state index < -0.39 is 18.7 Å². The second-order valence-corrected chi connectivity index (χ2v) is 17.1. The predicted molar refractivity (Wildman–Crippen MR) is 181 cm³/mol. The van der Waals surface area contributed by atoms with Gasteiger partial charge in [-0.1, -0.05) is 39.5 Å². The Hall–Kier alpha value is -0.680. The summed E-state index contributed by atoms with van der Waals surface area (Å²) in [6.45, 7) is 4.51. The molecule has 0 unspecified atom stereocenters. The van der Waals surface area contributed by atoms with Gasteiger partial charge in [-0.15, -0.1) is 0 Å². The first-order valence-corrected chi connectivity index (χ1v) is 21.4. The Kier molecular flexibility index (Phi) is 20.3. The topological polar surface area (TPSA) is 0 Å². The van der Waals surface area contributed by atoms with Gasteiger partial charge in [0.1, 0.15) is 0 Å². The number of halogens is 4. The van der Waals surface area contributed by atoms with E-state index in [0.717, 1.165) is 49.7 Å². The van der Waals surface area contributed by atoms with Gasteiger partial charge in [0, 0.05) is 0 Å². The summed E-state index contributed by atoms with van der Waals surface area (Å²) in [5.74, 6) is -0.392. The normalized spacial score (nSPS) is 11.8. The van der Waals surface area contributed by atoms with Crippen LogP contribution in [0, 0.1) is 18.8 Å². The Bertz CT molecular complexity index is 842. The van der Waals surface area contributed by atoms with Crippen molar-refractivity contribution in [1.29, 1.82) is 0 Å². The van der Waals surface area contributed by atoms with Gasteiger partial charge in [0.05, 0.1) is 0 Å².